The summed E-state index contributed by atoms with van der Waals surface area (Å²) in [7, 11) is -0.723. The second kappa shape index (κ2) is 11.3. The Morgan fingerprint density at radius 3 is 2.45 bits per heavy atom. The molecule has 0 radical (unpaired) electrons. The van der Waals surface area contributed by atoms with Gasteiger partial charge in [0.25, 0.3) is 0 Å². The molecule has 0 unspecified atom stereocenters. The van der Waals surface area contributed by atoms with Crippen LogP contribution in [0, 0.1) is 17.1 Å². The summed E-state index contributed by atoms with van der Waals surface area (Å²) >= 11 is 1.38. The number of halogens is 1. The normalized spacial score (nSPS) is 11.5. The summed E-state index contributed by atoms with van der Waals surface area (Å²) in [5.41, 5.74) is 1.90. The van der Waals surface area contributed by atoms with Crippen molar-refractivity contribution in [1.82, 2.24) is 19.7 Å². The van der Waals surface area contributed by atoms with Gasteiger partial charge < -0.3 is 9.47 Å². The third-order valence-corrected chi connectivity index (χ3v) is 8.26. The number of hydrogen-bond acceptors (Lipinski definition) is 9. The molecule has 4 aromatic rings. The number of benzene rings is 2. The first-order chi connectivity index (χ1) is 18.2. The van der Waals surface area contributed by atoms with Crippen LogP contribution in [0.3, 0.4) is 0 Å². The molecule has 198 valence electrons. The third-order valence-electron chi connectivity index (χ3n) is 5.88. The number of aromatic nitrogens is 4. The Hall–Kier alpha value is -3.82. The average molecular weight is 556 g/mol. The van der Waals surface area contributed by atoms with Gasteiger partial charge in [-0.05, 0) is 42.2 Å². The number of nitrogens with zero attached hydrogens (tertiary/aromatic N) is 5. The van der Waals surface area contributed by atoms with E-state index in [0.717, 1.165) is 11.8 Å². The molecule has 0 N–H and O–H groups in total. The molecule has 9 nitrogen and oxygen atoms in total. The topological polar surface area (TPSA) is 120 Å². The highest BCUT2D eigenvalue weighted by Gasteiger charge is 2.27. The molecule has 0 aliphatic heterocycles. The van der Waals surface area contributed by atoms with Crippen LogP contribution in [0.4, 0.5) is 4.39 Å². The van der Waals surface area contributed by atoms with E-state index in [-0.39, 0.29) is 29.5 Å². The number of sulfone groups is 1. The molecule has 0 fully saturated rings. The number of methoxy groups -OCH3 is 2. The zero-order valence-electron chi connectivity index (χ0n) is 21.3. The molecule has 0 spiro atoms. The van der Waals surface area contributed by atoms with Crippen molar-refractivity contribution in [1.29, 1.82) is 5.26 Å². The minimum Gasteiger partial charge on any atom is -0.494 e. The molecule has 38 heavy (non-hydrogen) atoms. The monoisotopic (exact) mass is 555 g/mol. The summed E-state index contributed by atoms with van der Waals surface area (Å²) in [5.74, 6) is 0.331. The molecular weight excluding hydrogens is 529 g/mol. The summed E-state index contributed by atoms with van der Waals surface area (Å²) < 4.78 is 52.8. The van der Waals surface area contributed by atoms with Crippen molar-refractivity contribution in [2.75, 3.05) is 20.0 Å². The summed E-state index contributed by atoms with van der Waals surface area (Å²) in [6.07, 6.45) is 0.0503. The summed E-state index contributed by atoms with van der Waals surface area (Å²) in [4.78, 5) is 4.69. The van der Waals surface area contributed by atoms with Gasteiger partial charge in [0.1, 0.15) is 28.8 Å². The van der Waals surface area contributed by atoms with Gasteiger partial charge in [-0.25, -0.2) is 17.8 Å². The van der Waals surface area contributed by atoms with Crippen LogP contribution in [0.2, 0.25) is 0 Å². The van der Waals surface area contributed by atoms with Crippen molar-refractivity contribution in [3.63, 3.8) is 0 Å². The van der Waals surface area contributed by atoms with Crippen LogP contribution < -0.4 is 9.47 Å². The molecule has 0 saturated carbocycles. The van der Waals surface area contributed by atoms with Gasteiger partial charge in [-0.15, -0.1) is 21.5 Å². The number of thiazole rings is 1. The number of hydrogen-bond donors (Lipinski definition) is 0. The Balaban J connectivity index is 1.77. The molecule has 2 aromatic heterocycles. The molecule has 12 heteroatoms. The zero-order valence-corrected chi connectivity index (χ0v) is 22.9. The fraction of sp³-hybridized carbons (Fsp3) is 0.308. The Labute approximate surface area is 224 Å². The van der Waals surface area contributed by atoms with Crippen LogP contribution in [0.15, 0.2) is 41.8 Å². The fourth-order valence-electron chi connectivity index (χ4n) is 3.89. The van der Waals surface area contributed by atoms with Gasteiger partial charge in [0, 0.05) is 5.38 Å². The maximum atomic E-state index is 13.5. The van der Waals surface area contributed by atoms with E-state index < -0.39 is 21.4 Å². The van der Waals surface area contributed by atoms with Crippen molar-refractivity contribution >= 4 is 21.2 Å². The summed E-state index contributed by atoms with van der Waals surface area (Å²) in [5, 5.41) is 20.4. The minimum atomic E-state index is -3.74. The predicted octanol–water partition coefficient (Wildman–Crippen LogP) is 4.70. The number of nitriles is 1. The molecule has 0 saturated heterocycles. The Morgan fingerprint density at radius 1 is 1.13 bits per heavy atom. The smallest absolute Gasteiger partial charge is 0.197 e. The lowest BCUT2D eigenvalue weighted by Crippen LogP contribution is -2.16. The second-order valence-electron chi connectivity index (χ2n) is 8.77. The first-order valence-electron chi connectivity index (χ1n) is 11.7. The molecule has 0 aliphatic carbocycles. The van der Waals surface area contributed by atoms with Crippen molar-refractivity contribution in [2.45, 2.75) is 31.9 Å². The van der Waals surface area contributed by atoms with Gasteiger partial charge in [0.15, 0.2) is 26.5 Å². The molecule has 4 rings (SSSR count). The molecule has 0 bridgehead atoms. The molecule has 2 aromatic carbocycles. The standard InChI is InChI=1S/C26H26FN5O4S2/c1-16(2)20-14-37-26(29-20)25-31-30-23(32(25)24-21(35-3)6-5-7-22(24)36-4)15-38(33,34)11-10-17-8-9-19(27)12-18(17)13-28/h5-9,12,14,16H,10-11,15H2,1-4H3. The van der Waals surface area contributed by atoms with E-state index in [0.29, 0.717) is 33.6 Å². The largest absolute Gasteiger partial charge is 0.494 e. The molecule has 0 amide bonds. The lowest BCUT2D eigenvalue weighted by Gasteiger charge is -2.17. The van der Waals surface area contributed by atoms with E-state index in [1.54, 1.807) is 22.8 Å². The third kappa shape index (κ3) is 5.69. The van der Waals surface area contributed by atoms with Crippen molar-refractivity contribution in [3.8, 4) is 34.1 Å². The van der Waals surface area contributed by atoms with Gasteiger partial charge in [0.05, 0.1) is 37.3 Å². The van der Waals surface area contributed by atoms with Gasteiger partial charge >= 0.3 is 0 Å². The predicted molar refractivity (Wildman–Crippen MR) is 142 cm³/mol. The molecule has 0 aliphatic rings. The van der Waals surface area contributed by atoms with Gasteiger partial charge in [-0.2, -0.15) is 5.26 Å². The van der Waals surface area contributed by atoms with E-state index in [1.165, 1.54) is 37.7 Å². The quantitative estimate of drug-likeness (QED) is 0.276. The highest BCUT2D eigenvalue weighted by molar-refractivity contribution is 7.90. The molecule has 0 atom stereocenters. The number of aryl methyl sites for hydroxylation is 1. The second-order valence-corrected chi connectivity index (χ2v) is 11.8. The van der Waals surface area contributed by atoms with Gasteiger partial charge in [-0.3, -0.25) is 4.57 Å². The van der Waals surface area contributed by atoms with Crippen LogP contribution in [0.25, 0.3) is 16.5 Å². The SMILES string of the molecule is COc1cccc(OC)c1-n1c(CS(=O)(=O)CCc2ccc(F)cc2C#N)nnc1-c1nc(C(C)C)cs1. The van der Waals surface area contributed by atoms with E-state index in [1.807, 2.05) is 25.3 Å². The first-order valence-corrected chi connectivity index (χ1v) is 14.4. The lowest BCUT2D eigenvalue weighted by atomic mass is 10.1. The highest BCUT2D eigenvalue weighted by atomic mass is 32.2. The minimum absolute atomic E-state index is 0.0503. The highest BCUT2D eigenvalue weighted by Crippen LogP contribution is 2.37. The van der Waals surface area contributed by atoms with Crippen molar-refractivity contribution < 1.29 is 22.3 Å². The van der Waals surface area contributed by atoms with Crippen molar-refractivity contribution in [2.24, 2.45) is 0 Å². The molecular formula is C26H26FN5O4S2. The van der Waals surface area contributed by atoms with E-state index >= 15 is 0 Å². The van der Waals surface area contributed by atoms with Crippen LogP contribution >= 0.6 is 11.3 Å². The maximum Gasteiger partial charge on any atom is 0.197 e. The van der Waals surface area contributed by atoms with E-state index in [2.05, 4.69) is 10.2 Å². The lowest BCUT2D eigenvalue weighted by molar-refractivity contribution is 0.391. The number of ether oxygens (including phenoxy) is 2. The van der Waals surface area contributed by atoms with Crippen LogP contribution in [0.5, 0.6) is 11.5 Å². The van der Waals surface area contributed by atoms with E-state index in [4.69, 9.17) is 14.5 Å². The number of rotatable bonds is 10. The van der Waals surface area contributed by atoms with Crippen LogP contribution in [-0.2, 0) is 22.0 Å². The Bertz CT molecular complexity index is 1580. The Kier molecular flexibility index (Phi) is 8.08. The fourth-order valence-corrected chi connectivity index (χ4v) is 6.10. The van der Waals surface area contributed by atoms with Gasteiger partial charge in [0.2, 0.25) is 0 Å². The van der Waals surface area contributed by atoms with Crippen molar-refractivity contribution in [3.05, 3.63) is 70.2 Å². The average Bonchev–Trinajstić information content (AvgIpc) is 3.54. The van der Waals surface area contributed by atoms with Crippen LogP contribution in [0.1, 0.15) is 42.4 Å². The Morgan fingerprint density at radius 2 is 1.84 bits per heavy atom. The zero-order chi connectivity index (χ0) is 27.4. The van der Waals surface area contributed by atoms with Gasteiger partial charge in [-0.1, -0.05) is 26.0 Å². The number of para-hydroxylation sites is 1. The summed E-state index contributed by atoms with van der Waals surface area (Å²) in [6, 6.07) is 10.9. The van der Waals surface area contributed by atoms with E-state index in [9.17, 15) is 18.1 Å². The maximum absolute atomic E-state index is 13.5. The first kappa shape index (κ1) is 27.2. The summed E-state index contributed by atoms with van der Waals surface area (Å²) in [6.45, 7) is 4.06. The molecule has 2 heterocycles. The van der Waals surface area contributed by atoms with Crippen LogP contribution in [-0.4, -0.2) is 48.1 Å².